The molecule has 2 heteroatoms. The van der Waals surface area contributed by atoms with Crippen LogP contribution in [0, 0.1) is 6.92 Å². The van der Waals surface area contributed by atoms with Gasteiger partial charge in [-0.15, -0.1) is 0 Å². The Kier molecular flexibility index (Phi) is 6.24. The normalized spacial score (nSPS) is 9.08. The van der Waals surface area contributed by atoms with E-state index in [2.05, 4.69) is 0 Å². The molecule has 0 fully saturated rings. The van der Waals surface area contributed by atoms with Gasteiger partial charge >= 0.3 is 0 Å². The summed E-state index contributed by atoms with van der Waals surface area (Å²) in [6, 6.07) is 7.15. The van der Waals surface area contributed by atoms with Crippen molar-refractivity contribution in [3.05, 3.63) is 42.0 Å². The van der Waals surface area contributed by atoms with Crippen molar-refractivity contribution in [1.82, 2.24) is 0 Å². The van der Waals surface area contributed by atoms with Gasteiger partial charge in [0.05, 0.1) is 0 Å². The molecule has 0 spiro atoms. The van der Waals surface area contributed by atoms with Crippen molar-refractivity contribution in [3.63, 3.8) is 0 Å². The van der Waals surface area contributed by atoms with E-state index in [0.29, 0.717) is 5.75 Å². The van der Waals surface area contributed by atoms with Crippen LogP contribution in [0.15, 0.2) is 36.4 Å². The van der Waals surface area contributed by atoms with Crippen molar-refractivity contribution in [3.8, 4) is 5.75 Å². The van der Waals surface area contributed by atoms with Crippen molar-refractivity contribution in [2.24, 2.45) is 0 Å². The Balaban J connectivity index is 0.000000252. The Labute approximate surface area is 78.5 Å². The smallest absolute Gasteiger partial charge is 0.142 e. The predicted octanol–water partition coefficient (Wildman–Crippen LogP) is 2.46. The van der Waals surface area contributed by atoms with Crippen molar-refractivity contribution >= 4 is 6.29 Å². The number of aryl methyl sites for hydroxylation is 1. The van der Waals surface area contributed by atoms with E-state index in [-0.39, 0.29) is 0 Å². The van der Waals surface area contributed by atoms with E-state index < -0.39 is 0 Å². The molecule has 1 rings (SSSR count). The number of phenols is 1. The number of aromatic hydroxyl groups is 1. The molecule has 0 radical (unpaired) electrons. The molecule has 0 aliphatic carbocycles. The first kappa shape index (κ1) is 11.4. The first-order valence-electron chi connectivity index (χ1n) is 4.02. The van der Waals surface area contributed by atoms with Gasteiger partial charge in [0.25, 0.3) is 0 Å². The summed E-state index contributed by atoms with van der Waals surface area (Å²) in [7, 11) is 0. The SMILES string of the molecule is C/C=C/C=O.Cc1cccc(O)c1. The van der Waals surface area contributed by atoms with Crippen molar-refractivity contribution in [2.75, 3.05) is 0 Å². The molecule has 2 nitrogen and oxygen atoms in total. The number of aldehydes is 1. The van der Waals surface area contributed by atoms with Crippen LogP contribution in [0.3, 0.4) is 0 Å². The summed E-state index contributed by atoms with van der Waals surface area (Å²) in [5.74, 6) is 0.338. The number of rotatable bonds is 1. The Hall–Kier alpha value is -1.57. The summed E-state index contributed by atoms with van der Waals surface area (Å²) in [6.07, 6.45) is 3.88. The van der Waals surface area contributed by atoms with Gasteiger partial charge in [0, 0.05) is 0 Å². The zero-order valence-electron chi connectivity index (χ0n) is 7.90. The quantitative estimate of drug-likeness (QED) is 0.529. The number of phenolic OH excluding ortho intramolecular Hbond substituents is 1. The maximum Gasteiger partial charge on any atom is 0.142 e. The van der Waals surface area contributed by atoms with E-state index in [9.17, 15) is 4.79 Å². The summed E-state index contributed by atoms with van der Waals surface area (Å²) < 4.78 is 0. The lowest BCUT2D eigenvalue weighted by Gasteiger charge is -1.89. The second-order valence-electron chi connectivity index (χ2n) is 2.50. The fourth-order valence-electron chi connectivity index (χ4n) is 0.707. The van der Waals surface area contributed by atoms with Crippen LogP contribution in [-0.4, -0.2) is 11.4 Å². The topological polar surface area (TPSA) is 37.3 Å². The average molecular weight is 178 g/mol. The molecule has 13 heavy (non-hydrogen) atoms. The minimum Gasteiger partial charge on any atom is -0.508 e. The summed E-state index contributed by atoms with van der Waals surface area (Å²) in [6.45, 7) is 3.74. The van der Waals surface area contributed by atoms with Crippen LogP contribution in [0.4, 0.5) is 0 Å². The van der Waals surface area contributed by atoms with E-state index in [1.807, 2.05) is 19.1 Å². The summed E-state index contributed by atoms with van der Waals surface area (Å²) in [5.41, 5.74) is 1.09. The van der Waals surface area contributed by atoms with E-state index in [1.54, 1.807) is 25.1 Å². The van der Waals surface area contributed by atoms with Gasteiger partial charge < -0.3 is 5.11 Å². The number of carbonyl (C=O) groups is 1. The zero-order valence-corrected chi connectivity index (χ0v) is 7.90. The fourth-order valence-corrected chi connectivity index (χ4v) is 0.707. The molecule has 1 aromatic carbocycles. The van der Waals surface area contributed by atoms with Crippen LogP contribution in [0.2, 0.25) is 0 Å². The first-order valence-corrected chi connectivity index (χ1v) is 4.02. The number of carbonyl (C=O) groups excluding carboxylic acids is 1. The van der Waals surface area contributed by atoms with Gasteiger partial charge in [0.1, 0.15) is 12.0 Å². The number of allylic oxidation sites excluding steroid dienone is 2. The molecule has 0 heterocycles. The van der Waals surface area contributed by atoms with E-state index in [1.165, 1.54) is 6.08 Å². The molecule has 0 saturated heterocycles. The van der Waals surface area contributed by atoms with Crippen molar-refractivity contribution in [2.45, 2.75) is 13.8 Å². The van der Waals surface area contributed by atoms with Gasteiger partial charge in [0.2, 0.25) is 0 Å². The number of hydrogen-bond acceptors (Lipinski definition) is 2. The van der Waals surface area contributed by atoms with E-state index >= 15 is 0 Å². The molecule has 0 amide bonds. The molecule has 0 aromatic heterocycles. The summed E-state index contributed by atoms with van der Waals surface area (Å²) in [5, 5.41) is 8.81. The molecule has 0 aliphatic rings. The lowest BCUT2D eigenvalue weighted by Crippen LogP contribution is -1.66. The van der Waals surface area contributed by atoms with Crippen LogP contribution in [0.5, 0.6) is 5.75 Å². The lowest BCUT2D eigenvalue weighted by atomic mass is 10.2. The highest BCUT2D eigenvalue weighted by Crippen LogP contribution is 2.08. The van der Waals surface area contributed by atoms with E-state index in [0.717, 1.165) is 11.8 Å². The highest BCUT2D eigenvalue weighted by Gasteiger charge is 1.83. The monoisotopic (exact) mass is 178 g/mol. The second-order valence-corrected chi connectivity index (χ2v) is 2.50. The minimum absolute atomic E-state index is 0.338. The van der Waals surface area contributed by atoms with E-state index in [4.69, 9.17) is 5.11 Å². The summed E-state index contributed by atoms with van der Waals surface area (Å²) in [4.78, 5) is 9.32. The fraction of sp³-hybridized carbons (Fsp3) is 0.182. The van der Waals surface area contributed by atoms with Gasteiger partial charge in [-0.3, -0.25) is 4.79 Å². The third kappa shape index (κ3) is 6.81. The molecule has 0 aliphatic heterocycles. The molecule has 0 unspecified atom stereocenters. The first-order chi connectivity index (χ1) is 6.20. The molecule has 0 bridgehead atoms. The zero-order chi connectivity index (χ0) is 10.1. The molecule has 1 aromatic rings. The molecule has 70 valence electrons. The molecular formula is C11H14O2. The van der Waals surface area contributed by atoms with Crippen LogP contribution in [-0.2, 0) is 4.79 Å². The van der Waals surface area contributed by atoms with Gasteiger partial charge in [-0.1, -0.05) is 18.2 Å². The van der Waals surface area contributed by atoms with Gasteiger partial charge in [0.15, 0.2) is 0 Å². The maximum absolute atomic E-state index is 9.32. The Bertz CT molecular complexity index is 260. The maximum atomic E-state index is 9.32. The average Bonchev–Trinajstić information content (AvgIpc) is 2.06. The van der Waals surface area contributed by atoms with Crippen LogP contribution in [0.1, 0.15) is 12.5 Å². The van der Waals surface area contributed by atoms with Gasteiger partial charge in [-0.05, 0) is 37.6 Å². The largest absolute Gasteiger partial charge is 0.508 e. The molecular weight excluding hydrogens is 164 g/mol. The van der Waals surface area contributed by atoms with Crippen molar-refractivity contribution in [1.29, 1.82) is 0 Å². The Morgan fingerprint density at radius 3 is 2.31 bits per heavy atom. The Morgan fingerprint density at radius 2 is 2.08 bits per heavy atom. The van der Waals surface area contributed by atoms with Crippen LogP contribution >= 0.6 is 0 Å². The van der Waals surface area contributed by atoms with Gasteiger partial charge in [-0.2, -0.15) is 0 Å². The standard InChI is InChI=1S/C7H8O.C4H6O/c1-6-3-2-4-7(8)5-6;1-2-3-4-5/h2-5,8H,1H3;2-4H,1H3/b;3-2+. The van der Waals surface area contributed by atoms with Crippen LogP contribution < -0.4 is 0 Å². The number of benzene rings is 1. The van der Waals surface area contributed by atoms with Crippen molar-refractivity contribution < 1.29 is 9.90 Å². The third-order valence-corrected chi connectivity index (χ3v) is 1.27. The molecule has 0 saturated carbocycles. The highest BCUT2D eigenvalue weighted by atomic mass is 16.3. The predicted molar refractivity (Wildman–Crippen MR) is 53.7 cm³/mol. The van der Waals surface area contributed by atoms with Gasteiger partial charge in [-0.25, -0.2) is 0 Å². The Morgan fingerprint density at radius 1 is 1.38 bits per heavy atom. The number of hydrogen-bond donors (Lipinski definition) is 1. The lowest BCUT2D eigenvalue weighted by molar-refractivity contribution is -0.104. The molecule has 1 N–H and O–H groups in total. The second kappa shape index (κ2) is 7.10. The highest BCUT2D eigenvalue weighted by molar-refractivity contribution is 5.64. The third-order valence-electron chi connectivity index (χ3n) is 1.27. The van der Waals surface area contributed by atoms with Crippen LogP contribution in [0.25, 0.3) is 0 Å². The minimum atomic E-state index is 0.338. The molecule has 0 atom stereocenters. The summed E-state index contributed by atoms with van der Waals surface area (Å²) >= 11 is 0.